The van der Waals surface area contributed by atoms with Crippen LogP contribution in [-0.4, -0.2) is 19.5 Å². The SMILES string of the molecule is C1=CCCC(c2nc(-c3ccccc3)nc(-c3cccc(-c4cc(-n5c6ccccc6c6c7oc8ccccc8c7ccc65)cc5c4sc4ccccc45)c3)n2)=C1. The van der Waals surface area contributed by atoms with Crippen LogP contribution in [0, 0.1) is 0 Å². The molecule has 0 N–H and O–H groups in total. The molecular formula is C51H32N4OS. The van der Waals surface area contributed by atoms with Crippen molar-refractivity contribution in [2.24, 2.45) is 0 Å². The number of allylic oxidation sites excluding steroid dienone is 4. The van der Waals surface area contributed by atoms with Gasteiger partial charge in [-0.15, -0.1) is 11.3 Å². The number of aromatic nitrogens is 4. The molecule has 0 spiro atoms. The number of hydrogen-bond acceptors (Lipinski definition) is 5. The molecule has 0 amide bonds. The van der Waals surface area contributed by atoms with Crippen LogP contribution in [0.15, 0.2) is 174 Å². The zero-order valence-electron chi connectivity index (χ0n) is 30.7. The van der Waals surface area contributed by atoms with Gasteiger partial charge in [0.15, 0.2) is 17.5 Å². The molecule has 11 aromatic rings. The highest BCUT2D eigenvalue weighted by Gasteiger charge is 2.21. The molecule has 12 rings (SSSR count). The predicted molar refractivity (Wildman–Crippen MR) is 237 cm³/mol. The average Bonchev–Trinajstić information content (AvgIpc) is 3.96. The van der Waals surface area contributed by atoms with E-state index in [1.807, 2.05) is 35.6 Å². The molecule has 1 aliphatic carbocycles. The van der Waals surface area contributed by atoms with Gasteiger partial charge in [0.1, 0.15) is 11.2 Å². The molecule has 4 heterocycles. The van der Waals surface area contributed by atoms with Crippen molar-refractivity contribution in [3.8, 4) is 39.6 Å². The molecule has 57 heavy (non-hydrogen) atoms. The van der Waals surface area contributed by atoms with E-state index in [0.29, 0.717) is 11.6 Å². The van der Waals surface area contributed by atoms with E-state index in [1.165, 1.54) is 31.1 Å². The Morgan fingerprint density at radius 2 is 1.28 bits per heavy atom. The van der Waals surface area contributed by atoms with Crippen LogP contribution >= 0.6 is 11.3 Å². The molecule has 0 radical (unpaired) electrons. The molecule has 0 aliphatic heterocycles. The molecule has 6 heteroatoms. The predicted octanol–water partition coefficient (Wildman–Crippen LogP) is 14.0. The lowest BCUT2D eigenvalue weighted by molar-refractivity contribution is 0.673. The smallest absolute Gasteiger partial charge is 0.164 e. The fourth-order valence-corrected chi connectivity index (χ4v) is 9.87. The topological polar surface area (TPSA) is 56.7 Å². The monoisotopic (exact) mass is 748 g/mol. The maximum absolute atomic E-state index is 6.64. The van der Waals surface area contributed by atoms with Crippen LogP contribution in [0.4, 0.5) is 0 Å². The van der Waals surface area contributed by atoms with Crippen molar-refractivity contribution in [3.63, 3.8) is 0 Å². The standard InChI is InChI=1S/C51H32N4OS/c1-3-14-31(15-4-1)49-52-50(32-16-5-2-6-17-32)54-51(53-49)34-19-13-18-33(28-34)40-29-35(30-41-37-21-9-12-25-45(37)57-48(40)41)55-42-23-10-7-22-39(42)46-43(55)27-26-38-36-20-8-11-24-44(36)56-47(38)46/h1-5,7-16,18-30H,6,17H2. The van der Waals surface area contributed by atoms with Gasteiger partial charge in [0.25, 0.3) is 0 Å². The Hall–Kier alpha value is -7.15. The summed E-state index contributed by atoms with van der Waals surface area (Å²) in [7, 11) is 0. The first-order chi connectivity index (χ1) is 28.2. The third-order valence-corrected chi connectivity index (χ3v) is 12.5. The van der Waals surface area contributed by atoms with Gasteiger partial charge in [0.2, 0.25) is 0 Å². The first-order valence-corrected chi connectivity index (χ1v) is 20.1. The van der Waals surface area contributed by atoms with Crippen molar-refractivity contribution >= 4 is 80.8 Å². The quantitative estimate of drug-likeness (QED) is 0.176. The molecular weight excluding hydrogens is 717 g/mol. The van der Waals surface area contributed by atoms with Crippen molar-refractivity contribution in [1.82, 2.24) is 19.5 Å². The van der Waals surface area contributed by atoms with E-state index in [9.17, 15) is 0 Å². The number of nitrogens with zero attached hydrogens (tertiary/aromatic N) is 4. The minimum absolute atomic E-state index is 0.664. The summed E-state index contributed by atoms with van der Waals surface area (Å²) in [6, 6.07) is 53.9. The summed E-state index contributed by atoms with van der Waals surface area (Å²) in [5.41, 5.74) is 10.5. The van der Waals surface area contributed by atoms with Crippen LogP contribution in [0.5, 0.6) is 0 Å². The lowest BCUT2D eigenvalue weighted by Crippen LogP contribution is -2.03. The Labute approximate surface area is 331 Å². The zero-order chi connectivity index (χ0) is 37.5. The number of furan rings is 1. The van der Waals surface area contributed by atoms with Gasteiger partial charge in [-0.25, -0.2) is 15.0 Å². The van der Waals surface area contributed by atoms with Crippen molar-refractivity contribution in [2.75, 3.05) is 0 Å². The van der Waals surface area contributed by atoms with Crippen LogP contribution in [-0.2, 0) is 0 Å². The lowest BCUT2D eigenvalue weighted by atomic mass is 9.99. The first-order valence-electron chi connectivity index (χ1n) is 19.3. The second kappa shape index (κ2) is 12.7. The Morgan fingerprint density at radius 1 is 0.544 bits per heavy atom. The molecule has 0 unspecified atom stereocenters. The first kappa shape index (κ1) is 32.1. The van der Waals surface area contributed by atoms with E-state index in [4.69, 9.17) is 19.4 Å². The van der Waals surface area contributed by atoms with Gasteiger partial charge in [-0.1, -0.05) is 121 Å². The van der Waals surface area contributed by atoms with Crippen LogP contribution in [0.1, 0.15) is 18.7 Å². The number of hydrogen-bond donors (Lipinski definition) is 0. The van der Waals surface area contributed by atoms with E-state index in [0.717, 1.165) is 85.0 Å². The third-order valence-electron chi connectivity index (χ3n) is 11.3. The summed E-state index contributed by atoms with van der Waals surface area (Å²) in [6.07, 6.45) is 8.29. The summed E-state index contributed by atoms with van der Waals surface area (Å²) in [5.74, 6) is 2.07. The number of para-hydroxylation sites is 2. The Kier molecular flexibility index (Phi) is 7.16. The Bertz CT molecular complexity index is 3480. The highest BCUT2D eigenvalue weighted by atomic mass is 32.1. The van der Waals surface area contributed by atoms with E-state index < -0.39 is 0 Å². The molecule has 1 aliphatic rings. The summed E-state index contributed by atoms with van der Waals surface area (Å²) in [5, 5.41) is 7.04. The number of fused-ring (bicyclic) bond motifs is 10. The minimum Gasteiger partial charge on any atom is -0.455 e. The van der Waals surface area contributed by atoms with E-state index in [1.54, 1.807) is 0 Å². The summed E-state index contributed by atoms with van der Waals surface area (Å²) in [6.45, 7) is 0. The van der Waals surface area contributed by atoms with Gasteiger partial charge < -0.3 is 8.98 Å². The number of benzene rings is 7. The molecule has 0 saturated carbocycles. The largest absolute Gasteiger partial charge is 0.455 e. The summed E-state index contributed by atoms with van der Waals surface area (Å²) >= 11 is 1.84. The van der Waals surface area contributed by atoms with Crippen LogP contribution in [0.3, 0.4) is 0 Å². The summed E-state index contributed by atoms with van der Waals surface area (Å²) in [4.78, 5) is 15.2. The average molecular weight is 749 g/mol. The van der Waals surface area contributed by atoms with Crippen molar-refractivity contribution in [3.05, 3.63) is 176 Å². The molecule has 5 nitrogen and oxygen atoms in total. The highest BCUT2D eigenvalue weighted by molar-refractivity contribution is 7.26. The van der Waals surface area contributed by atoms with Crippen molar-refractivity contribution < 1.29 is 4.42 Å². The van der Waals surface area contributed by atoms with Crippen molar-refractivity contribution in [2.45, 2.75) is 12.8 Å². The maximum atomic E-state index is 6.64. The lowest BCUT2D eigenvalue weighted by Gasteiger charge is -2.14. The fourth-order valence-electron chi connectivity index (χ4n) is 8.65. The maximum Gasteiger partial charge on any atom is 0.164 e. The minimum atomic E-state index is 0.664. The van der Waals surface area contributed by atoms with Gasteiger partial charge in [-0.3, -0.25) is 0 Å². The fraction of sp³-hybridized carbons (Fsp3) is 0.0392. The molecule has 0 fully saturated rings. The van der Waals surface area contributed by atoms with Crippen LogP contribution in [0.25, 0.3) is 109 Å². The van der Waals surface area contributed by atoms with Gasteiger partial charge in [0, 0.05) is 58.7 Å². The number of rotatable bonds is 5. The van der Waals surface area contributed by atoms with Gasteiger partial charge in [-0.2, -0.15) is 0 Å². The van der Waals surface area contributed by atoms with E-state index >= 15 is 0 Å². The molecule has 0 bridgehead atoms. The summed E-state index contributed by atoms with van der Waals surface area (Å²) < 4.78 is 11.6. The molecule has 0 saturated heterocycles. The van der Waals surface area contributed by atoms with Gasteiger partial charge in [0.05, 0.1) is 16.4 Å². The molecule has 7 aromatic carbocycles. The Balaban J connectivity index is 1.10. The van der Waals surface area contributed by atoms with Gasteiger partial charge in [-0.05, 0) is 72.5 Å². The van der Waals surface area contributed by atoms with Crippen LogP contribution < -0.4 is 0 Å². The Morgan fingerprint density at radius 3 is 2.16 bits per heavy atom. The van der Waals surface area contributed by atoms with Crippen molar-refractivity contribution in [1.29, 1.82) is 0 Å². The second-order valence-electron chi connectivity index (χ2n) is 14.7. The highest BCUT2D eigenvalue weighted by Crippen LogP contribution is 2.45. The second-order valence-corrected chi connectivity index (χ2v) is 15.7. The van der Waals surface area contributed by atoms with E-state index in [2.05, 4.69) is 150 Å². The van der Waals surface area contributed by atoms with Crippen LogP contribution in [0.2, 0.25) is 0 Å². The molecule has 268 valence electrons. The zero-order valence-corrected chi connectivity index (χ0v) is 31.5. The normalized spacial score (nSPS) is 13.2. The number of thiophene rings is 1. The van der Waals surface area contributed by atoms with E-state index in [-0.39, 0.29) is 0 Å². The third kappa shape index (κ3) is 5.11. The molecule has 0 atom stereocenters. The molecule has 4 aromatic heterocycles. The van der Waals surface area contributed by atoms with Gasteiger partial charge >= 0.3 is 0 Å².